The number of esters is 1. The van der Waals surface area contributed by atoms with E-state index < -0.39 is 30.1 Å². The molecule has 0 radical (unpaired) electrons. The number of carbonyl (C=O) groups is 2. The number of amides is 1. The van der Waals surface area contributed by atoms with E-state index in [0.29, 0.717) is 34.0 Å². The van der Waals surface area contributed by atoms with Crippen molar-refractivity contribution < 1.29 is 37.0 Å². The van der Waals surface area contributed by atoms with Crippen molar-refractivity contribution in [2.75, 3.05) is 24.9 Å². The summed E-state index contributed by atoms with van der Waals surface area (Å²) in [6.45, 7) is 3.48. The molecule has 0 spiro atoms. The first-order valence-electron chi connectivity index (χ1n) is 13.3. The number of alkyl halides is 3. The molecule has 3 heterocycles. The SMILES string of the molecule is COc1ccc([C@@H]2C[C@H](C(F)(F)F)n3ncc(C(=O)Nc4sc5c(c4C(=O)OC(C)C)CCCC5)c3N2)cc1OC. The summed E-state index contributed by atoms with van der Waals surface area (Å²) >= 11 is 1.30. The minimum atomic E-state index is -4.62. The van der Waals surface area contributed by atoms with Crippen molar-refractivity contribution in [3.63, 3.8) is 0 Å². The molecule has 13 heteroatoms. The molecule has 0 saturated heterocycles. The molecule has 0 bridgehead atoms. The summed E-state index contributed by atoms with van der Waals surface area (Å²) in [6.07, 6.45) is -0.855. The van der Waals surface area contributed by atoms with Crippen molar-refractivity contribution in [1.29, 1.82) is 0 Å². The van der Waals surface area contributed by atoms with Crippen LogP contribution in [0.15, 0.2) is 24.4 Å². The van der Waals surface area contributed by atoms with Crippen molar-refractivity contribution in [3.05, 3.63) is 51.5 Å². The first-order valence-corrected chi connectivity index (χ1v) is 14.1. The van der Waals surface area contributed by atoms with Gasteiger partial charge in [0.15, 0.2) is 17.5 Å². The summed E-state index contributed by atoms with van der Waals surface area (Å²) in [5.41, 5.74) is 1.64. The van der Waals surface area contributed by atoms with Gasteiger partial charge in [0, 0.05) is 11.3 Å². The summed E-state index contributed by atoms with van der Waals surface area (Å²) in [7, 11) is 2.91. The van der Waals surface area contributed by atoms with Crippen LogP contribution in [0.25, 0.3) is 0 Å². The van der Waals surface area contributed by atoms with E-state index in [-0.39, 0.29) is 23.9 Å². The van der Waals surface area contributed by atoms with E-state index in [1.807, 2.05) is 0 Å². The maximum absolute atomic E-state index is 14.2. The fraction of sp³-hybridized carbons (Fsp3) is 0.464. The molecule has 1 aliphatic carbocycles. The standard InChI is InChI=1S/C28H31F3N4O5S/c1-14(2)40-27(37)23-16-7-5-6-8-21(16)41-26(23)34-25(36)17-13-32-35-22(28(29,30)31)12-18(33-24(17)35)15-9-10-19(38-3)20(11-15)39-4/h9-11,13-14,18,22,33H,5-8,12H2,1-4H3,(H,34,36)/t18-,22+/m0/s1. The van der Waals surface area contributed by atoms with Crippen LogP contribution in [0.2, 0.25) is 0 Å². The second-order valence-corrected chi connectivity index (χ2v) is 11.4. The van der Waals surface area contributed by atoms with Crippen LogP contribution in [-0.4, -0.2) is 48.2 Å². The van der Waals surface area contributed by atoms with Gasteiger partial charge in [0.05, 0.1) is 38.1 Å². The van der Waals surface area contributed by atoms with Crippen molar-refractivity contribution in [3.8, 4) is 11.5 Å². The Morgan fingerprint density at radius 2 is 1.88 bits per heavy atom. The minimum absolute atomic E-state index is 0.0662. The monoisotopic (exact) mass is 592 g/mol. The van der Waals surface area contributed by atoms with E-state index in [1.54, 1.807) is 32.0 Å². The minimum Gasteiger partial charge on any atom is -0.493 e. The molecule has 2 N–H and O–H groups in total. The van der Waals surface area contributed by atoms with Gasteiger partial charge in [-0.1, -0.05) is 6.07 Å². The number of fused-ring (bicyclic) bond motifs is 2. The summed E-state index contributed by atoms with van der Waals surface area (Å²) in [5.74, 6) is -0.464. The number of ether oxygens (including phenoxy) is 3. The molecule has 1 aromatic carbocycles. The average Bonchev–Trinajstić information content (AvgIpc) is 3.52. The molecule has 220 valence electrons. The van der Waals surface area contributed by atoms with Gasteiger partial charge < -0.3 is 24.8 Å². The number of halogens is 3. The number of hydrogen-bond acceptors (Lipinski definition) is 8. The van der Waals surface area contributed by atoms with Crippen LogP contribution < -0.4 is 20.1 Å². The maximum Gasteiger partial charge on any atom is 0.410 e. The van der Waals surface area contributed by atoms with E-state index in [0.717, 1.165) is 40.6 Å². The number of nitrogens with one attached hydrogen (secondary N) is 2. The Morgan fingerprint density at radius 1 is 1.15 bits per heavy atom. The summed E-state index contributed by atoms with van der Waals surface area (Å²) in [5, 5.41) is 10.2. The van der Waals surface area contributed by atoms with Crippen LogP contribution in [0.4, 0.5) is 24.0 Å². The number of hydrogen-bond donors (Lipinski definition) is 2. The molecule has 3 aromatic rings. The Bertz CT molecular complexity index is 1470. The zero-order chi connectivity index (χ0) is 29.5. The molecule has 1 aliphatic heterocycles. The third-order valence-electron chi connectivity index (χ3n) is 7.24. The van der Waals surface area contributed by atoms with Gasteiger partial charge in [-0.3, -0.25) is 4.79 Å². The van der Waals surface area contributed by atoms with Gasteiger partial charge in [-0.2, -0.15) is 18.3 Å². The lowest BCUT2D eigenvalue weighted by molar-refractivity contribution is -0.173. The molecule has 2 atom stereocenters. The lowest BCUT2D eigenvalue weighted by Crippen LogP contribution is -2.36. The van der Waals surface area contributed by atoms with Gasteiger partial charge >= 0.3 is 12.1 Å². The summed E-state index contributed by atoms with van der Waals surface area (Å²) in [4.78, 5) is 27.6. The topological polar surface area (TPSA) is 104 Å². The molecular weight excluding hydrogens is 561 g/mol. The Balaban J connectivity index is 1.50. The highest BCUT2D eigenvalue weighted by Gasteiger charge is 2.47. The van der Waals surface area contributed by atoms with E-state index in [2.05, 4.69) is 15.7 Å². The van der Waals surface area contributed by atoms with Crippen molar-refractivity contribution in [2.24, 2.45) is 0 Å². The zero-order valence-electron chi connectivity index (χ0n) is 23.1. The van der Waals surface area contributed by atoms with Gasteiger partial charge in [-0.15, -0.1) is 11.3 Å². The van der Waals surface area contributed by atoms with E-state index in [9.17, 15) is 22.8 Å². The van der Waals surface area contributed by atoms with Crippen LogP contribution >= 0.6 is 11.3 Å². The molecule has 0 unspecified atom stereocenters. The Morgan fingerprint density at radius 3 is 2.56 bits per heavy atom. The van der Waals surface area contributed by atoms with Crippen molar-refractivity contribution in [2.45, 2.75) is 70.3 Å². The molecule has 2 aromatic heterocycles. The van der Waals surface area contributed by atoms with Gasteiger partial charge in [0.1, 0.15) is 16.4 Å². The highest BCUT2D eigenvalue weighted by Crippen LogP contribution is 2.46. The summed E-state index contributed by atoms with van der Waals surface area (Å²) in [6, 6.07) is 2.11. The number of carbonyl (C=O) groups excluding carboxylic acids is 2. The smallest absolute Gasteiger partial charge is 0.410 e. The number of anilines is 2. The van der Waals surface area contributed by atoms with E-state index >= 15 is 0 Å². The third kappa shape index (κ3) is 5.59. The van der Waals surface area contributed by atoms with E-state index in [1.165, 1.54) is 25.6 Å². The average molecular weight is 593 g/mol. The lowest BCUT2D eigenvalue weighted by atomic mass is 9.95. The predicted octanol–water partition coefficient (Wildman–Crippen LogP) is 6.32. The van der Waals surface area contributed by atoms with Crippen LogP contribution in [0.3, 0.4) is 0 Å². The number of aromatic nitrogens is 2. The number of nitrogens with zero attached hydrogens (tertiary/aromatic N) is 2. The molecule has 5 rings (SSSR count). The molecular formula is C28H31F3N4O5S. The van der Waals surface area contributed by atoms with E-state index in [4.69, 9.17) is 14.2 Å². The molecule has 9 nitrogen and oxygen atoms in total. The Labute approximate surface area is 239 Å². The number of benzene rings is 1. The number of rotatable bonds is 7. The molecule has 0 fully saturated rings. The van der Waals surface area contributed by atoms with Crippen LogP contribution in [0.5, 0.6) is 11.5 Å². The lowest BCUT2D eigenvalue weighted by Gasteiger charge is -2.34. The highest BCUT2D eigenvalue weighted by molar-refractivity contribution is 7.17. The summed E-state index contributed by atoms with van der Waals surface area (Å²) < 4.78 is 59.5. The Kier molecular flexibility index (Phi) is 7.91. The first kappa shape index (κ1) is 28.8. The maximum atomic E-state index is 14.2. The van der Waals surface area contributed by atoms with Crippen LogP contribution in [0, 0.1) is 0 Å². The number of thiophene rings is 1. The van der Waals surface area contributed by atoms with Crippen molar-refractivity contribution in [1.82, 2.24) is 9.78 Å². The highest BCUT2D eigenvalue weighted by atomic mass is 32.1. The molecule has 2 aliphatic rings. The second-order valence-electron chi connectivity index (χ2n) is 10.3. The normalized spacial score (nSPS) is 18.2. The second kappa shape index (κ2) is 11.3. The van der Waals surface area contributed by atoms with Gasteiger partial charge in [0.25, 0.3) is 5.91 Å². The first-order chi connectivity index (χ1) is 19.5. The van der Waals surface area contributed by atoms with Gasteiger partial charge in [-0.25, -0.2) is 9.48 Å². The zero-order valence-corrected chi connectivity index (χ0v) is 23.9. The van der Waals surface area contributed by atoms with Crippen LogP contribution in [0.1, 0.15) is 81.9 Å². The molecule has 0 saturated carbocycles. The fourth-order valence-corrected chi connectivity index (χ4v) is 6.60. The van der Waals surface area contributed by atoms with Gasteiger partial charge in [-0.05, 0) is 62.8 Å². The number of aryl methyl sites for hydroxylation is 1. The molecule has 41 heavy (non-hydrogen) atoms. The predicted molar refractivity (Wildman–Crippen MR) is 147 cm³/mol. The van der Waals surface area contributed by atoms with Crippen LogP contribution in [-0.2, 0) is 17.6 Å². The quantitative estimate of drug-likeness (QED) is 0.310. The van der Waals surface area contributed by atoms with Crippen molar-refractivity contribution >= 4 is 34.0 Å². The van der Waals surface area contributed by atoms with Gasteiger partial charge in [0.2, 0.25) is 0 Å². The third-order valence-corrected chi connectivity index (χ3v) is 8.45. The largest absolute Gasteiger partial charge is 0.493 e. The Hall–Kier alpha value is -3.74. The molecule has 1 amide bonds. The number of methoxy groups -OCH3 is 2. The fourth-order valence-electron chi connectivity index (χ4n) is 5.33.